The SMILES string of the molecule is Cn1nc(C(F)(F)F)cc1NC(=O)c1ccccc1Nc1cccc(C(F)(F)F)c1. The zero-order valence-corrected chi connectivity index (χ0v) is 15.3. The number of hydrogen-bond acceptors (Lipinski definition) is 3. The van der Waals surface area contributed by atoms with Crippen LogP contribution in [0.2, 0.25) is 0 Å². The lowest BCUT2D eigenvalue weighted by Gasteiger charge is -2.14. The van der Waals surface area contributed by atoms with Crippen LogP contribution in [0, 0.1) is 0 Å². The summed E-state index contributed by atoms with van der Waals surface area (Å²) < 4.78 is 77.9. The number of nitrogens with one attached hydrogen (secondary N) is 2. The van der Waals surface area contributed by atoms with Gasteiger partial charge in [-0.15, -0.1) is 0 Å². The van der Waals surface area contributed by atoms with E-state index in [4.69, 9.17) is 0 Å². The van der Waals surface area contributed by atoms with E-state index < -0.39 is 29.5 Å². The van der Waals surface area contributed by atoms with Crippen LogP contribution >= 0.6 is 0 Å². The molecule has 1 aromatic heterocycles. The van der Waals surface area contributed by atoms with E-state index in [9.17, 15) is 31.1 Å². The number of amides is 1. The van der Waals surface area contributed by atoms with Crippen molar-refractivity contribution in [2.24, 2.45) is 7.05 Å². The normalized spacial score (nSPS) is 12.0. The van der Waals surface area contributed by atoms with Crippen molar-refractivity contribution in [2.45, 2.75) is 12.4 Å². The van der Waals surface area contributed by atoms with Gasteiger partial charge in [0.2, 0.25) is 0 Å². The van der Waals surface area contributed by atoms with Crippen LogP contribution in [-0.4, -0.2) is 15.7 Å². The lowest BCUT2D eigenvalue weighted by Crippen LogP contribution is -2.16. The largest absolute Gasteiger partial charge is 0.435 e. The molecular weight excluding hydrogens is 414 g/mol. The number of aryl methyl sites for hydroxylation is 1. The van der Waals surface area contributed by atoms with Crippen LogP contribution in [0.5, 0.6) is 0 Å². The maximum Gasteiger partial charge on any atom is 0.435 e. The number of carbonyl (C=O) groups excluding carboxylic acids is 1. The van der Waals surface area contributed by atoms with E-state index in [1.54, 1.807) is 6.07 Å². The van der Waals surface area contributed by atoms with Gasteiger partial charge >= 0.3 is 12.4 Å². The van der Waals surface area contributed by atoms with Crippen LogP contribution < -0.4 is 10.6 Å². The first kappa shape index (κ1) is 21.2. The average molecular weight is 428 g/mol. The van der Waals surface area contributed by atoms with Crippen molar-refractivity contribution in [1.29, 1.82) is 0 Å². The molecular formula is C19H14F6N4O. The lowest BCUT2D eigenvalue weighted by molar-refractivity contribution is -0.141. The molecule has 3 aromatic rings. The molecule has 0 bridgehead atoms. The molecule has 2 N–H and O–H groups in total. The molecule has 0 aliphatic heterocycles. The highest BCUT2D eigenvalue weighted by atomic mass is 19.4. The standard InChI is InChI=1S/C19H14F6N4O/c1-29-16(10-15(28-29)19(23,24)25)27-17(30)13-7-2-3-8-14(13)26-12-6-4-5-11(9-12)18(20,21)22/h2-10,26H,1H3,(H,27,30). The molecule has 0 aliphatic carbocycles. The molecule has 0 aliphatic rings. The quantitative estimate of drug-likeness (QED) is 0.543. The van der Waals surface area contributed by atoms with Crippen molar-refractivity contribution in [1.82, 2.24) is 9.78 Å². The van der Waals surface area contributed by atoms with Crippen LogP contribution in [0.15, 0.2) is 54.6 Å². The topological polar surface area (TPSA) is 59.0 Å². The summed E-state index contributed by atoms with van der Waals surface area (Å²) in [4.78, 5) is 12.6. The van der Waals surface area contributed by atoms with Crippen LogP contribution in [0.3, 0.4) is 0 Å². The van der Waals surface area contributed by atoms with Crippen molar-refractivity contribution in [3.05, 3.63) is 71.4 Å². The van der Waals surface area contributed by atoms with Gasteiger partial charge in [0.25, 0.3) is 5.91 Å². The van der Waals surface area contributed by atoms with Crippen molar-refractivity contribution >= 4 is 23.1 Å². The van der Waals surface area contributed by atoms with Gasteiger partial charge < -0.3 is 10.6 Å². The molecule has 158 valence electrons. The number of rotatable bonds is 4. The third kappa shape index (κ3) is 4.73. The van der Waals surface area contributed by atoms with Gasteiger partial charge in [-0.05, 0) is 30.3 Å². The van der Waals surface area contributed by atoms with E-state index in [1.165, 1.54) is 37.4 Å². The summed E-state index contributed by atoms with van der Waals surface area (Å²) in [6, 6.07) is 11.0. The van der Waals surface area contributed by atoms with Gasteiger partial charge in [0, 0.05) is 18.8 Å². The van der Waals surface area contributed by atoms with Gasteiger partial charge in [-0.1, -0.05) is 18.2 Å². The highest BCUT2D eigenvalue weighted by Crippen LogP contribution is 2.32. The number of alkyl halides is 6. The molecule has 0 fully saturated rings. The van der Waals surface area contributed by atoms with E-state index >= 15 is 0 Å². The monoisotopic (exact) mass is 428 g/mol. The summed E-state index contributed by atoms with van der Waals surface area (Å²) in [6.45, 7) is 0. The second-order valence-corrected chi connectivity index (χ2v) is 6.24. The van der Waals surface area contributed by atoms with Gasteiger partial charge in [-0.25, -0.2) is 0 Å². The molecule has 1 heterocycles. The number of aromatic nitrogens is 2. The number of anilines is 3. The molecule has 0 saturated heterocycles. The Morgan fingerprint density at radius 3 is 2.27 bits per heavy atom. The minimum absolute atomic E-state index is 0.0182. The molecule has 0 radical (unpaired) electrons. The summed E-state index contributed by atoms with van der Waals surface area (Å²) >= 11 is 0. The zero-order chi connectivity index (χ0) is 22.1. The Morgan fingerprint density at radius 1 is 0.933 bits per heavy atom. The van der Waals surface area contributed by atoms with Gasteiger partial charge in [0.05, 0.1) is 16.8 Å². The number of hydrogen-bond donors (Lipinski definition) is 2. The Bertz CT molecular complexity index is 1070. The molecule has 2 aromatic carbocycles. The maximum atomic E-state index is 12.9. The number of nitrogens with zero attached hydrogens (tertiary/aromatic N) is 2. The Kier molecular flexibility index (Phi) is 5.47. The molecule has 0 spiro atoms. The van der Waals surface area contributed by atoms with Crippen molar-refractivity contribution < 1.29 is 31.1 Å². The number of halogens is 6. The summed E-state index contributed by atoms with van der Waals surface area (Å²) in [5.74, 6) is -0.956. The molecule has 3 rings (SSSR count). The zero-order valence-electron chi connectivity index (χ0n) is 15.3. The number of benzene rings is 2. The van der Waals surface area contributed by atoms with E-state index in [0.717, 1.165) is 16.8 Å². The molecule has 0 saturated carbocycles. The summed E-state index contributed by atoms with van der Waals surface area (Å²) in [7, 11) is 1.23. The van der Waals surface area contributed by atoms with Gasteiger partial charge in [-0.3, -0.25) is 9.48 Å². The highest BCUT2D eigenvalue weighted by Gasteiger charge is 2.35. The Morgan fingerprint density at radius 2 is 1.63 bits per heavy atom. The molecule has 30 heavy (non-hydrogen) atoms. The minimum atomic E-state index is -4.68. The lowest BCUT2D eigenvalue weighted by atomic mass is 10.1. The molecule has 0 atom stereocenters. The Balaban J connectivity index is 1.85. The molecule has 0 unspecified atom stereocenters. The third-order valence-corrected chi connectivity index (χ3v) is 4.05. The van der Waals surface area contributed by atoms with Crippen LogP contribution in [0.1, 0.15) is 21.6 Å². The second kappa shape index (κ2) is 7.73. The molecule has 5 nitrogen and oxygen atoms in total. The number of para-hydroxylation sites is 1. The van der Waals surface area contributed by atoms with Crippen LogP contribution in [0.4, 0.5) is 43.5 Å². The average Bonchev–Trinajstić information content (AvgIpc) is 3.02. The van der Waals surface area contributed by atoms with Crippen LogP contribution in [-0.2, 0) is 19.4 Å². The smallest absolute Gasteiger partial charge is 0.355 e. The van der Waals surface area contributed by atoms with Gasteiger partial charge in [-0.2, -0.15) is 31.4 Å². The first-order chi connectivity index (χ1) is 13.9. The first-order valence-corrected chi connectivity index (χ1v) is 8.41. The van der Waals surface area contributed by atoms with E-state index in [-0.39, 0.29) is 22.8 Å². The second-order valence-electron chi connectivity index (χ2n) is 6.24. The Hall–Kier alpha value is -3.50. The summed E-state index contributed by atoms with van der Waals surface area (Å²) in [6.07, 6.45) is -9.21. The fourth-order valence-corrected chi connectivity index (χ4v) is 2.63. The summed E-state index contributed by atoms with van der Waals surface area (Å²) in [5.41, 5.74) is -1.76. The maximum absolute atomic E-state index is 12.9. The van der Waals surface area contributed by atoms with Crippen LogP contribution in [0.25, 0.3) is 0 Å². The molecule has 1 amide bonds. The fraction of sp³-hybridized carbons (Fsp3) is 0.158. The van der Waals surface area contributed by atoms with Gasteiger partial charge in [0.15, 0.2) is 5.69 Å². The van der Waals surface area contributed by atoms with E-state index in [2.05, 4.69) is 15.7 Å². The molecule has 11 heteroatoms. The highest BCUT2D eigenvalue weighted by molar-refractivity contribution is 6.08. The predicted octanol–water partition coefficient (Wildman–Crippen LogP) is 5.45. The predicted molar refractivity (Wildman–Crippen MR) is 97.3 cm³/mol. The van der Waals surface area contributed by atoms with E-state index in [0.29, 0.717) is 6.07 Å². The Labute approximate surface area is 166 Å². The van der Waals surface area contributed by atoms with Crippen molar-refractivity contribution in [3.8, 4) is 0 Å². The van der Waals surface area contributed by atoms with E-state index in [1.807, 2.05) is 0 Å². The summed E-state index contributed by atoms with van der Waals surface area (Å²) in [5, 5.41) is 8.36. The number of carbonyl (C=O) groups is 1. The third-order valence-electron chi connectivity index (χ3n) is 4.05. The minimum Gasteiger partial charge on any atom is -0.355 e. The first-order valence-electron chi connectivity index (χ1n) is 8.41. The van der Waals surface area contributed by atoms with Gasteiger partial charge in [0.1, 0.15) is 5.82 Å². The fourth-order valence-electron chi connectivity index (χ4n) is 2.63. The van der Waals surface area contributed by atoms with Crippen molar-refractivity contribution in [3.63, 3.8) is 0 Å². The van der Waals surface area contributed by atoms with Crippen molar-refractivity contribution in [2.75, 3.05) is 10.6 Å².